The van der Waals surface area contributed by atoms with Crippen molar-refractivity contribution in [2.24, 2.45) is 0 Å². The molecule has 0 saturated heterocycles. The van der Waals surface area contributed by atoms with E-state index >= 15 is 0 Å². The van der Waals surface area contributed by atoms with Crippen molar-refractivity contribution in [3.8, 4) is 0 Å². The van der Waals surface area contributed by atoms with Crippen LogP contribution in [0.4, 0.5) is 11.4 Å². The summed E-state index contributed by atoms with van der Waals surface area (Å²) in [5, 5.41) is 0.928. The number of ether oxygens (including phenoxy) is 1. The van der Waals surface area contributed by atoms with Crippen LogP contribution in [-0.2, 0) is 29.5 Å². The topological polar surface area (TPSA) is 53.1 Å². The molecule has 6 nitrogen and oxygen atoms in total. The SMILES string of the molecule is CCOC(=O)c1ccc(N2C(=O)c3cc(N(C)C)ccc3[P@]2(=S)N2CCc3ccccc3C2)cc1. The van der Waals surface area contributed by atoms with Crippen LogP contribution in [0, 0.1) is 0 Å². The summed E-state index contributed by atoms with van der Waals surface area (Å²) in [4.78, 5) is 28.1. The summed E-state index contributed by atoms with van der Waals surface area (Å²) in [6.07, 6.45) is -1.77. The number of carbonyl (C=O) groups is 2. The Labute approximate surface area is 211 Å². The highest BCUT2D eigenvalue weighted by molar-refractivity contribution is 8.18. The van der Waals surface area contributed by atoms with Crippen molar-refractivity contribution in [2.45, 2.75) is 19.9 Å². The Hall–Kier alpha value is -2.99. The van der Waals surface area contributed by atoms with Crippen LogP contribution >= 0.6 is 6.34 Å². The number of fused-ring (bicyclic) bond motifs is 2. The van der Waals surface area contributed by atoms with Crippen molar-refractivity contribution < 1.29 is 14.3 Å². The van der Waals surface area contributed by atoms with E-state index in [4.69, 9.17) is 16.5 Å². The van der Waals surface area contributed by atoms with Crippen molar-refractivity contribution in [2.75, 3.05) is 36.8 Å². The molecule has 35 heavy (non-hydrogen) atoms. The third-order valence-electron chi connectivity index (χ3n) is 6.62. The summed E-state index contributed by atoms with van der Waals surface area (Å²) in [6.45, 7) is 3.58. The minimum absolute atomic E-state index is 0.0882. The number of carbonyl (C=O) groups excluding carboxylic acids is 2. The first-order valence-corrected chi connectivity index (χ1v) is 14.4. The number of anilines is 2. The first-order chi connectivity index (χ1) is 16.8. The lowest BCUT2D eigenvalue weighted by Crippen LogP contribution is -2.37. The normalized spacial score (nSPS) is 19.3. The second-order valence-corrected chi connectivity index (χ2v) is 13.0. The fourth-order valence-electron chi connectivity index (χ4n) is 4.79. The molecule has 0 aromatic heterocycles. The smallest absolute Gasteiger partial charge is 0.338 e. The molecule has 5 rings (SSSR count). The summed E-state index contributed by atoms with van der Waals surface area (Å²) in [7, 11) is 3.93. The van der Waals surface area contributed by atoms with E-state index in [1.54, 1.807) is 19.1 Å². The zero-order chi connectivity index (χ0) is 24.7. The molecule has 0 unspecified atom stereocenters. The molecule has 0 bridgehead atoms. The molecule has 2 heterocycles. The third-order valence-corrected chi connectivity index (χ3v) is 11.5. The lowest BCUT2D eigenvalue weighted by Gasteiger charge is -2.41. The molecule has 0 spiro atoms. The second-order valence-electron chi connectivity index (χ2n) is 8.93. The zero-order valence-electron chi connectivity index (χ0n) is 20.1. The van der Waals surface area contributed by atoms with E-state index in [1.807, 2.05) is 54.0 Å². The van der Waals surface area contributed by atoms with Gasteiger partial charge in [-0.15, -0.1) is 0 Å². The molecule has 0 saturated carbocycles. The zero-order valence-corrected chi connectivity index (χ0v) is 21.8. The summed E-state index contributed by atoms with van der Waals surface area (Å²) in [6, 6.07) is 21.5. The Bertz CT molecular complexity index is 1360. The number of nitrogens with zero attached hydrogens (tertiary/aromatic N) is 3. The number of rotatable bonds is 5. The summed E-state index contributed by atoms with van der Waals surface area (Å²) in [5.41, 5.74) is 5.37. The maximum Gasteiger partial charge on any atom is 0.338 e. The van der Waals surface area contributed by atoms with Gasteiger partial charge in [-0.25, -0.2) is 4.79 Å². The van der Waals surface area contributed by atoms with Gasteiger partial charge in [0.2, 0.25) is 0 Å². The largest absolute Gasteiger partial charge is 0.462 e. The predicted octanol–water partition coefficient (Wildman–Crippen LogP) is 4.58. The molecule has 0 aliphatic carbocycles. The highest BCUT2D eigenvalue weighted by Gasteiger charge is 2.47. The molecule has 1 atom stereocenters. The molecular weight excluding hydrogens is 477 g/mol. The molecule has 2 aliphatic rings. The number of hydrogen-bond acceptors (Lipinski definition) is 5. The molecule has 0 N–H and O–H groups in total. The van der Waals surface area contributed by atoms with Gasteiger partial charge < -0.3 is 9.64 Å². The molecule has 3 aromatic rings. The minimum Gasteiger partial charge on any atom is -0.462 e. The van der Waals surface area contributed by atoms with Gasteiger partial charge in [-0.1, -0.05) is 36.1 Å². The van der Waals surface area contributed by atoms with E-state index in [9.17, 15) is 9.59 Å². The van der Waals surface area contributed by atoms with Gasteiger partial charge in [0, 0.05) is 38.2 Å². The lowest BCUT2D eigenvalue weighted by molar-refractivity contribution is 0.0526. The van der Waals surface area contributed by atoms with Crippen LogP contribution in [-0.4, -0.2) is 43.8 Å². The van der Waals surface area contributed by atoms with Crippen LogP contribution in [0.15, 0.2) is 66.7 Å². The number of esters is 1. The van der Waals surface area contributed by atoms with E-state index in [0.29, 0.717) is 30.0 Å². The van der Waals surface area contributed by atoms with Crippen LogP contribution in [0.3, 0.4) is 0 Å². The van der Waals surface area contributed by atoms with Gasteiger partial charge in [0.15, 0.2) is 0 Å². The van der Waals surface area contributed by atoms with Crippen LogP contribution in [0.25, 0.3) is 0 Å². The second kappa shape index (κ2) is 9.23. The van der Waals surface area contributed by atoms with Gasteiger partial charge in [-0.3, -0.25) is 14.1 Å². The van der Waals surface area contributed by atoms with Crippen LogP contribution in [0.5, 0.6) is 0 Å². The third kappa shape index (κ3) is 3.98. The fraction of sp³-hybridized carbons (Fsp3) is 0.259. The van der Waals surface area contributed by atoms with Crippen molar-refractivity contribution in [3.05, 3.63) is 89.0 Å². The summed E-state index contributed by atoms with van der Waals surface area (Å²) < 4.78 is 9.26. The van der Waals surface area contributed by atoms with Crippen LogP contribution < -0.4 is 14.9 Å². The van der Waals surface area contributed by atoms with E-state index in [1.165, 1.54) is 11.1 Å². The lowest BCUT2D eigenvalue weighted by atomic mass is 10.0. The van der Waals surface area contributed by atoms with Gasteiger partial charge in [-0.05, 0) is 66.9 Å². The van der Waals surface area contributed by atoms with Crippen molar-refractivity contribution >= 4 is 46.7 Å². The first kappa shape index (κ1) is 23.7. The fourth-order valence-corrected chi connectivity index (χ4v) is 9.22. The maximum atomic E-state index is 13.9. The molecule has 2 aliphatic heterocycles. The van der Waals surface area contributed by atoms with Crippen LogP contribution in [0.1, 0.15) is 38.8 Å². The van der Waals surface area contributed by atoms with Crippen LogP contribution in [0.2, 0.25) is 0 Å². The number of amides is 1. The van der Waals surface area contributed by atoms with Gasteiger partial charge in [-0.2, -0.15) is 0 Å². The van der Waals surface area contributed by atoms with Gasteiger partial charge >= 0.3 is 5.97 Å². The van der Waals surface area contributed by atoms with Gasteiger partial charge in [0.25, 0.3) is 5.91 Å². The van der Waals surface area contributed by atoms with Gasteiger partial charge in [0.05, 0.1) is 23.4 Å². The highest BCUT2D eigenvalue weighted by Crippen LogP contribution is 2.60. The maximum absolute atomic E-state index is 13.9. The Morgan fingerprint density at radius 1 is 1.06 bits per heavy atom. The van der Waals surface area contributed by atoms with Crippen molar-refractivity contribution in [1.82, 2.24) is 4.67 Å². The molecule has 8 heteroatoms. The molecule has 1 amide bonds. The molecule has 3 aromatic carbocycles. The summed E-state index contributed by atoms with van der Waals surface area (Å²) >= 11 is 6.52. The number of benzene rings is 3. The monoisotopic (exact) mass is 505 g/mol. The number of hydrogen-bond donors (Lipinski definition) is 0. The average Bonchev–Trinajstić information content (AvgIpc) is 3.10. The van der Waals surface area contributed by atoms with Crippen molar-refractivity contribution in [3.63, 3.8) is 0 Å². The Balaban J connectivity index is 1.61. The average molecular weight is 506 g/mol. The van der Waals surface area contributed by atoms with E-state index in [-0.39, 0.29) is 11.9 Å². The Morgan fingerprint density at radius 3 is 2.46 bits per heavy atom. The molecule has 0 radical (unpaired) electrons. The summed E-state index contributed by atoms with van der Waals surface area (Å²) in [5.74, 6) is -0.465. The van der Waals surface area contributed by atoms with Gasteiger partial charge in [0.1, 0.15) is 6.34 Å². The molecule has 180 valence electrons. The molecule has 0 fully saturated rings. The quantitative estimate of drug-likeness (QED) is 0.374. The predicted molar refractivity (Wildman–Crippen MR) is 144 cm³/mol. The molecular formula is C27H28N3O3PS. The Kier molecular flexibility index (Phi) is 6.26. The first-order valence-electron chi connectivity index (χ1n) is 11.7. The Morgan fingerprint density at radius 2 is 1.77 bits per heavy atom. The van der Waals surface area contributed by atoms with E-state index in [0.717, 1.165) is 24.0 Å². The van der Waals surface area contributed by atoms with Crippen molar-refractivity contribution in [1.29, 1.82) is 0 Å². The highest BCUT2D eigenvalue weighted by atomic mass is 32.4. The van der Waals surface area contributed by atoms with E-state index in [2.05, 4.69) is 28.9 Å². The minimum atomic E-state index is -2.67. The standard InChI is InChI=1S/C27H28N3O3PS/c1-4-33-27(32)20-9-11-22(12-10-20)30-26(31)24-17-23(28(2)3)13-14-25(24)34(30,35)29-16-15-19-7-5-6-8-21(19)18-29/h5-14,17H,4,15-16,18H2,1-3H3/t34-/m0/s1. The van der Waals surface area contributed by atoms with E-state index < -0.39 is 6.34 Å².